The minimum absolute atomic E-state index is 0.271. The van der Waals surface area contributed by atoms with Crippen LogP contribution in [-0.2, 0) is 6.54 Å². The van der Waals surface area contributed by atoms with Gasteiger partial charge < -0.3 is 4.90 Å². The van der Waals surface area contributed by atoms with E-state index in [4.69, 9.17) is 16.9 Å². The summed E-state index contributed by atoms with van der Waals surface area (Å²) in [7, 11) is 1.96. The molecule has 3 rings (SSSR count). The molecule has 1 aliphatic heterocycles. The van der Waals surface area contributed by atoms with Gasteiger partial charge in [-0.15, -0.1) is 0 Å². The van der Waals surface area contributed by atoms with E-state index in [1.54, 1.807) is 23.9 Å². The molecule has 0 saturated heterocycles. The fourth-order valence-electron chi connectivity index (χ4n) is 2.67. The molecular formula is C17H18ClN5S. The zero-order valence-corrected chi connectivity index (χ0v) is 15.1. The number of nitrogens with zero attached hydrogens (tertiary/aromatic N) is 4. The molecule has 1 N–H and O–H groups in total. The van der Waals surface area contributed by atoms with E-state index in [9.17, 15) is 0 Å². The molecule has 0 amide bonds. The van der Waals surface area contributed by atoms with Gasteiger partial charge in [-0.25, -0.2) is 0 Å². The Labute approximate surface area is 150 Å². The van der Waals surface area contributed by atoms with Crippen LogP contribution >= 0.6 is 23.4 Å². The average molecular weight is 360 g/mol. The van der Waals surface area contributed by atoms with E-state index >= 15 is 0 Å². The zero-order valence-electron chi connectivity index (χ0n) is 13.5. The molecule has 0 fully saturated rings. The summed E-state index contributed by atoms with van der Waals surface area (Å²) in [6, 6.07) is 9.73. The van der Waals surface area contributed by atoms with Gasteiger partial charge in [0.05, 0.1) is 22.8 Å². The molecule has 1 aliphatic rings. The first-order valence-corrected chi connectivity index (χ1v) is 8.95. The van der Waals surface area contributed by atoms with Crippen molar-refractivity contribution in [2.24, 2.45) is 0 Å². The molecular weight excluding hydrogens is 342 g/mol. The van der Waals surface area contributed by atoms with E-state index in [0.717, 1.165) is 17.8 Å². The van der Waals surface area contributed by atoms with Crippen LogP contribution in [0.2, 0.25) is 5.02 Å². The Hall–Kier alpha value is -1.94. The van der Waals surface area contributed by atoms with Crippen LogP contribution in [0.3, 0.4) is 0 Å². The standard InChI is InChI=1S/C17H18ClN5S/c1-12(23-7-8-24-17(23)20-2)11-22-6-5-16(21-22)13-3-4-14(10-19)15(18)9-13/h3-9,12,17,20H,11H2,1-2H3/t12?,17-/m0/s1. The molecule has 0 spiro atoms. The Bertz CT molecular complexity index is 795. The fraction of sp³-hybridized carbons (Fsp3) is 0.294. The van der Waals surface area contributed by atoms with E-state index in [-0.39, 0.29) is 5.50 Å². The van der Waals surface area contributed by atoms with Gasteiger partial charge in [-0.2, -0.15) is 10.4 Å². The summed E-state index contributed by atoms with van der Waals surface area (Å²) in [5.74, 6) is 0. The number of rotatable bonds is 5. The van der Waals surface area contributed by atoms with Gasteiger partial charge in [0.15, 0.2) is 0 Å². The lowest BCUT2D eigenvalue weighted by Gasteiger charge is -2.30. The lowest BCUT2D eigenvalue weighted by Crippen LogP contribution is -2.42. The predicted octanol–water partition coefficient (Wildman–Crippen LogP) is 3.49. The van der Waals surface area contributed by atoms with Crippen molar-refractivity contribution >= 4 is 23.4 Å². The van der Waals surface area contributed by atoms with Crippen LogP contribution in [0, 0.1) is 11.3 Å². The van der Waals surface area contributed by atoms with Crippen molar-refractivity contribution in [1.82, 2.24) is 20.0 Å². The fourth-order valence-corrected chi connectivity index (χ4v) is 3.81. The van der Waals surface area contributed by atoms with Crippen LogP contribution in [0.25, 0.3) is 11.3 Å². The third-order valence-corrected chi connectivity index (χ3v) is 5.27. The van der Waals surface area contributed by atoms with E-state index in [1.807, 2.05) is 30.1 Å². The summed E-state index contributed by atoms with van der Waals surface area (Å²) in [6.45, 7) is 2.97. The first-order chi connectivity index (χ1) is 11.6. The van der Waals surface area contributed by atoms with Gasteiger partial charge in [-0.3, -0.25) is 10.00 Å². The van der Waals surface area contributed by atoms with Gasteiger partial charge in [-0.05, 0) is 37.6 Å². The monoisotopic (exact) mass is 359 g/mol. The van der Waals surface area contributed by atoms with Crippen LogP contribution in [0.15, 0.2) is 42.1 Å². The van der Waals surface area contributed by atoms with Crippen LogP contribution in [0.5, 0.6) is 0 Å². The SMILES string of the molecule is CN[C@@H]1SC=CN1C(C)Cn1ccc(-c2ccc(C#N)c(Cl)c2)n1. The Morgan fingerprint density at radius 3 is 3.00 bits per heavy atom. The van der Waals surface area contributed by atoms with Gasteiger partial charge in [0.2, 0.25) is 0 Å². The maximum absolute atomic E-state index is 8.96. The summed E-state index contributed by atoms with van der Waals surface area (Å²) < 4.78 is 1.94. The highest BCUT2D eigenvalue weighted by molar-refractivity contribution is 8.02. The summed E-state index contributed by atoms with van der Waals surface area (Å²) in [6.07, 6.45) is 4.08. The number of nitriles is 1. The average Bonchev–Trinajstić information content (AvgIpc) is 3.23. The summed E-state index contributed by atoms with van der Waals surface area (Å²) in [5.41, 5.74) is 2.51. The minimum Gasteiger partial charge on any atom is -0.348 e. The normalized spacial score (nSPS) is 17.9. The molecule has 2 aromatic rings. The number of hydrogen-bond donors (Lipinski definition) is 1. The molecule has 1 aromatic heterocycles. The molecule has 1 aromatic carbocycles. The van der Waals surface area contributed by atoms with E-state index < -0.39 is 0 Å². The molecule has 0 aliphatic carbocycles. The lowest BCUT2D eigenvalue weighted by molar-refractivity contribution is 0.234. The van der Waals surface area contributed by atoms with Gasteiger partial charge in [0.25, 0.3) is 0 Å². The third kappa shape index (κ3) is 3.44. The summed E-state index contributed by atoms with van der Waals surface area (Å²) in [4.78, 5) is 2.28. The van der Waals surface area contributed by atoms with E-state index in [0.29, 0.717) is 16.6 Å². The Morgan fingerprint density at radius 2 is 2.29 bits per heavy atom. The number of benzene rings is 1. The summed E-state index contributed by atoms with van der Waals surface area (Å²) >= 11 is 7.87. The molecule has 2 atom stereocenters. The Balaban J connectivity index is 1.73. The number of halogens is 1. The molecule has 0 radical (unpaired) electrons. The van der Waals surface area contributed by atoms with Gasteiger partial charge >= 0.3 is 0 Å². The molecule has 0 bridgehead atoms. The lowest BCUT2D eigenvalue weighted by atomic mass is 10.1. The molecule has 5 nitrogen and oxygen atoms in total. The second kappa shape index (κ2) is 7.31. The number of nitrogens with one attached hydrogen (secondary N) is 1. The molecule has 24 heavy (non-hydrogen) atoms. The molecule has 0 saturated carbocycles. The minimum atomic E-state index is 0.271. The van der Waals surface area contributed by atoms with Crippen molar-refractivity contribution in [2.75, 3.05) is 7.05 Å². The van der Waals surface area contributed by atoms with Crippen LogP contribution in [-0.4, -0.2) is 33.3 Å². The number of aromatic nitrogens is 2. The first-order valence-electron chi connectivity index (χ1n) is 7.62. The second-order valence-corrected chi connectivity index (χ2v) is 6.99. The smallest absolute Gasteiger partial charge is 0.131 e. The highest BCUT2D eigenvalue weighted by atomic mass is 35.5. The molecule has 1 unspecified atom stereocenters. The number of hydrogen-bond acceptors (Lipinski definition) is 5. The topological polar surface area (TPSA) is 56.9 Å². The van der Waals surface area contributed by atoms with Gasteiger partial charge in [0.1, 0.15) is 11.6 Å². The van der Waals surface area contributed by atoms with Gasteiger partial charge in [-0.1, -0.05) is 29.4 Å². The molecule has 2 heterocycles. The molecule has 124 valence electrons. The molecule has 7 heteroatoms. The van der Waals surface area contributed by atoms with Crippen molar-refractivity contribution in [3.63, 3.8) is 0 Å². The number of thioether (sulfide) groups is 1. The first kappa shape index (κ1) is 16.9. The maximum Gasteiger partial charge on any atom is 0.131 e. The Kier molecular flexibility index (Phi) is 5.14. The van der Waals surface area contributed by atoms with E-state index in [1.165, 1.54) is 0 Å². The largest absolute Gasteiger partial charge is 0.348 e. The highest BCUT2D eigenvalue weighted by Crippen LogP contribution is 2.26. The van der Waals surface area contributed by atoms with Crippen molar-refractivity contribution in [3.8, 4) is 17.3 Å². The van der Waals surface area contributed by atoms with Crippen LogP contribution in [0.1, 0.15) is 12.5 Å². The zero-order chi connectivity index (χ0) is 17.1. The summed E-state index contributed by atoms with van der Waals surface area (Å²) in [5, 5.41) is 19.4. The van der Waals surface area contributed by atoms with Crippen molar-refractivity contribution in [3.05, 3.63) is 52.7 Å². The van der Waals surface area contributed by atoms with E-state index in [2.05, 4.69) is 39.9 Å². The van der Waals surface area contributed by atoms with Crippen molar-refractivity contribution in [1.29, 1.82) is 5.26 Å². The third-order valence-electron chi connectivity index (χ3n) is 3.94. The van der Waals surface area contributed by atoms with Crippen LogP contribution < -0.4 is 5.32 Å². The van der Waals surface area contributed by atoms with Crippen molar-refractivity contribution in [2.45, 2.75) is 25.0 Å². The van der Waals surface area contributed by atoms with Crippen LogP contribution in [0.4, 0.5) is 0 Å². The van der Waals surface area contributed by atoms with Gasteiger partial charge in [0, 0.05) is 24.0 Å². The quantitative estimate of drug-likeness (QED) is 0.885. The highest BCUT2D eigenvalue weighted by Gasteiger charge is 2.23. The maximum atomic E-state index is 8.96. The predicted molar refractivity (Wildman–Crippen MR) is 98.3 cm³/mol. The Morgan fingerprint density at radius 1 is 1.46 bits per heavy atom. The van der Waals surface area contributed by atoms with Crippen molar-refractivity contribution < 1.29 is 0 Å². The second-order valence-electron chi connectivity index (χ2n) is 5.59.